The Morgan fingerprint density at radius 3 is 2.49 bits per heavy atom. The number of carbonyl (C=O) groups excluding carboxylic acids is 2. The van der Waals surface area contributed by atoms with Crippen molar-refractivity contribution < 1.29 is 14.3 Å². The van der Waals surface area contributed by atoms with E-state index in [1.54, 1.807) is 47.7 Å². The first-order valence-corrected chi connectivity index (χ1v) is 12.1. The highest BCUT2D eigenvalue weighted by atomic mass is 32.1. The molecule has 0 bridgehead atoms. The van der Waals surface area contributed by atoms with Crippen molar-refractivity contribution in [1.29, 1.82) is 0 Å². The van der Waals surface area contributed by atoms with Gasteiger partial charge < -0.3 is 20.7 Å². The van der Waals surface area contributed by atoms with Crippen molar-refractivity contribution in [2.24, 2.45) is 0 Å². The highest BCUT2D eigenvalue weighted by Gasteiger charge is 2.08. The van der Waals surface area contributed by atoms with Crippen molar-refractivity contribution in [3.05, 3.63) is 95.5 Å². The standard InChI is InChI=1S/C27H26N4O3S/c1-19-10-12-20(13-11-19)26-30-23(18-35-26)14-15-28-27(33)31-22-8-5-9-24(16-22)34-17-25(32)29-21-6-3-2-4-7-21/h2-13,16,18H,14-15,17H2,1H3,(H,29,32)(H2,28,31,33). The van der Waals surface area contributed by atoms with Crippen LogP contribution < -0.4 is 20.7 Å². The van der Waals surface area contributed by atoms with Gasteiger partial charge in [-0.2, -0.15) is 0 Å². The first kappa shape index (κ1) is 24.0. The molecule has 1 aromatic heterocycles. The third-order valence-corrected chi connectivity index (χ3v) is 5.98. The molecule has 3 amide bonds. The van der Waals surface area contributed by atoms with Crippen LogP contribution >= 0.6 is 11.3 Å². The smallest absolute Gasteiger partial charge is 0.319 e. The lowest BCUT2D eigenvalue weighted by Gasteiger charge is -2.10. The van der Waals surface area contributed by atoms with Crippen LogP contribution in [-0.4, -0.2) is 30.1 Å². The van der Waals surface area contributed by atoms with Gasteiger partial charge in [0.15, 0.2) is 6.61 Å². The SMILES string of the molecule is Cc1ccc(-c2nc(CCNC(=O)Nc3cccc(OCC(=O)Nc4ccccc4)c3)cs2)cc1. The Morgan fingerprint density at radius 2 is 1.69 bits per heavy atom. The normalized spacial score (nSPS) is 10.4. The number of carbonyl (C=O) groups is 2. The summed E-state index contributed by atoms with van der Waals surface area (Å²) in [4.78, 5) is 29.0. The molecule has 4 rings (SSSR count). The number of nitrogens with zero attached hydrogens (tertiary/aromatic N) is 1. The number of amides is 3. The second-order valence-corrected chi connectivity index (χ2v) is 8.73. The molecule has 0 saturated heterocycles. The fraction of sp³-hybridized carbons (Fsp3) is 0.148. The largest absolute Gasteiger partial charge is 0.484 e. The summed E-state index contributed by atoms with van der Waals surface area (Å²) < 4.78 is 5.56. The van der Waals surface area contributed by atoms with Gasteiger partial charge in [-0.15, -0.1) is 11.3 Å². The van der Waals surface area contributed by atoms with Crippen LogP contribution in [0, 0.1) is 6.92 Å². The van der Waals surface area contributed by atoms with E-state index in [9.17, 15) is 9.59 Å². The molecule has 178 valence electrons. The third-order valence-electron chi connectivity index (χ3n) is 5.04. The van der Waals surface area contributed by atoms with Crippen LogP contribution in [0.2, 0.25) is 0 Å². The van der Waals surface area contributed by atoms with E-state index in [2.05, 4.69) is 52.1 Å². The monoisotopic (exact) mass is 486 g/mol. The van der Waals surface area contributed by atoms with Gasteiger partial charge in [-0.3, -0.25) is 4.79 Å². The molecule has 0 aliphatic carbocycles. The Kier molecular flexibility index (Phi) is 8.08. The molecule has 3 N–H and O–H groups in total. The summed E-state index contributed by atoms with van der Waals surface area (Å²) in [5, 5.41) is 11.4. The molecule has 7 nitrogen and oxygen atoms in total. The van der Waals surface area contributed by atoms with Gasteiger partial charge in [0.1, 0.15) is 10.8 Å². The predicted octanol–water partition coefficient (Wildman–Crippen LogP) is 5.50. The van der Waals surface area contributed by atoms with Crippen LogP contribution in [-0.2, 0) is 11.2 Å². The summed E-state index contributed by atoms with van der Waals surface area (Å²) in [7, 11) is 0. The molecule has 0 spiro atoms. The maximum Gasteiger partial charge on any atom is 0.319 e. The molecule has 0 aliphatic rings. The number of urea groups is 1. The van der Waals surface area contributed by atoms with Crippen LogP contribution in [0.4, 0.5) is 16.2 Å². The van der Waals surface area contributed by atoms with Gasteiger partial charge in [-0.1, -0.05) is 54.1 Å². The second kappa shape index (κ2) is 11.8. The minimum absolute atomic E-state index is 0.136. The van der Waals surface area contributed by atoms with Crippen molar-refractivity contribution >= 4 is 34.6 Å². The van der Waals surface area contributed by atoms with E-state index in [0.29, 0.717) is 30.1 Å². The number of rotatable bonds is 9. The number of hydrogen-bond acceptors (Lipinski definition) is 5. The van der Waals surface area contributed by atoms with Crippen molar-refractivity contribution in [3.63, 3.8) is 0 Å². The third kappa shape index (κ3) is 7.41. The lowest BCUT2D eigenvalue weighted by molar-refractivity contribution is -0.118. The molecular formula is C27H26N4O3S. The Hall–Kier alpha value is -4.17. The lowest BCUT2D eigenvalue weighted by atomic mass is 10.2. The summed E-state index contributed by atoms with van der Waals surface area (Å²) in [5.74, 6) is 0.219. The number of nitrogens with one attached hydrogen (secondary N) is 3. The van der Waals surface area contributed by atoms with Gasteiger partial charge in [0.2, 0.25) is 0 Å². The quantitative estimate of drug-likeness (QED) is 0.291. The fourth-order valence-corrected chi connectivity index (χ4v) is 4.12. The van der Waals surface area contributed by atoms with E-state index < -0.39 is 0 Å². The highest BCUT2D eigenvalue weighted by molar-refractivity contribution is 7.13. The summed E-state index contributed by atoms with van der Waals surface area (Å²) >= 11 is 1.60. The van der Waals surface area contributed by atoms with Gasteiger partial charge in [0.25, 0.3) is 5.91 Å². The average Bonchev–Trinajstić information content (AvgIpc) is 3.33. The maximum absolute atomic E-state index is 12.3. The van der Waals surface area contributed by atoms with Crippen LogP contribution in [0.1, 0.15) is 11.3 Å². The zero-order valence-electron chi connectivity index (χ0n) is 19.3. The van der Waals surface area contributed by atoms with E-state index in [0.717, 1.165) is 16.3 Å². The van der Waals surface area contributed by atoms with Gasteiger partial charge in [0, 0.05) is 41.4 Å². The van der Waals surface area contributed by atoms with Crippen molar-refractivity contribution in [2.75, 3.05) is 23.8 Å². The van der Waals surface area contributed by atoms with Crippen molar-refractivity contribution in [2.45, 2.75) is 13.3 Å². The van der Waals surface area contributed by atoms with E-state index >= 15 is 0 Å². The van der Waals surface area contributed by atoms with Crippen molar-refractivity contribution in [1.82, 2.24) is 10.3 Å². The lowest BCUT2D eigenvalue weighted by Crippen LogP contribution is -2.30. The average molecular weight is 487 g/mol. The van der Waals surface area contributed by atoms with Crippen LogP contribution in [0.3, 0.4) is 0 Å². The Bertz CT molecular complexity index is 1270. The first-order chi connectivity index (χ1) is 17.0. The topological polar surface area (TPSA) is 92.3 Å². The summed E-state index contributed by atoms with van der Waals surface area (Å²) in [5.41, 5.74) is 4.52. The number of hydrogen-bond donors (Lipinski definition) is 3. The molecule has 0 fully saturated rings. The molecule has 0 aliphatic heterocycles. The molecule has 0 atom stereocenters. The van der Waals surface area contributed by atoms with E-state index in [-0.39, 0.29) is 18.5 Å². The molecule has 4 aromatic rings. The highest BCUT2D eigenvalue weighted by Crippen LogP contribution is 2.24. The molecule has 0 unspecified atom stereocenters. The molecular weight excluding hydrogens is 460 g/mol. The Balaban J connectivity index is 1.20. The minimum atomic E-state index is -0.321. The van der Waals surface area contributed by atoms with Gasteiger partial charge >= 0.3 is 6.03 Å². The number of benzene rings is 3. The number of aromatic nitrogens is 1. The van der Waals surface area contributed by atoms with E-state index in [1.165, 1.54) is 5.56 Å². The number of aryl methyl sites for hydroxylation is 1. The van der Waals surface area contributed by atoms with E-state index in [1.807, 2.05) is 23.6 Å². The molecule has 0 radical (unpaired) electrons. The molecule has 1 heterocycles. The summed E-state index contributed by atoms with van der Waals surface area (Å²) in [6, 6.07) is 24.0. The summed E-state index contributed by atoms with van der Waals surface area (Å²) in [6.07, 6.45) is 0.634. The number of anilines is 2. The van der Waals surface area contributed by atoms with Crippen molar-refractivity contribution in [3.8, 4) is 16.3 Å². The first-order valence-electron chi connectivity index (χ1n) is 11.2. The number of thiazole rings is 1. The Morgan fingerprint density at radius 1 is 0.914 bits per heavy atom. The van der Waals surface area contributed by atoms with Crippen LogP contribution in [0.25, 0.3) is 10.6 Å². The number of para-hydroxylation sites is 1. The zero-order chi connectivity index (χ0) is 24.5. The number of ether oxygens (including phenoxy) is 1. The van der Waals surface area contributed by atoms with Gasteiger partial charge in [-0.05, 0) is 31.2 Å². The summed E-state index contributed by atoms with van der Waals surface area (Å²) in [6.45, 7) is 2.38. The molecule has 8 heteroatoms. The fourth-order valence-electron chi connectivity index (χ4n) is 3.26. The van der Waals surface area contributed by atoms with Crippen LogP contribution in [0.15, 0.2) is 84.2 Å². The predicted molar refractivity (Wildman–Crippen MR) is 140 cm³/mol. The second-order valence-electron chi connectivity index (χ2n) is 7.87. The van der Waals surface area contributed by atoms with Gasteiger partial charge in [-0.25, -0.2) is 9.78 Å². The van der Waals surface area contributed by atoms with Crippen LogP contribution in [0.5, 0.6) is 5.75 Å². The molecule has 3 aromatic carbocycles. The Labute approximate surface area is 208 Å². The zero-order valence-corrected chi connectivity index (χ0v) is 20.1. The molecule has 0 saturated carbocycles. The molecule has 35 heavy (non-hydrogen) atoms. The van der Waals surface area contributed by atoms with E-state index in [4.69, 9.17) is 4.74 Å². The van der Waals surface area contributed by atoms with Gasteiger partial charge in [0.05, 0.1) is 5.69 Å². The minimum Gasteiger partial charge on any atom is -0.484 e. The maximum atomic E-state index is 12.3.